The molecule has 10 heteroatoms. The maximum Gasteiger partial charge on any atom is 0.324 e. The number of benzene rings is 1. The van der Waals surface area contributed by atoms with Gasteiger partial charge in [0.1, 0.15) is 11.6 Å². The number of aromatic nitrogens is 3. The van der Waals surface area contributed by atoms with Gasteiger partial charge in [-0.1, -0.05) is 19.0 Å². The van der Waals surface area contributed by atoms with E-state index >= 15 is 0 Å². The first-order chi connectivity index (χ1) is 17.4. The number of anilines is 2. The molecule has 0 amide bonds. The molecule has 2 aromatic heterocycles. The van der Waals surface area contributed by atoms with Crippen molar-refractivity contribution in [3.8, 4) is 5.88 Å². The van der Waals surface area contributed by atoms with Crippen LogP contribution in [0.25, 0.3) is 0 Å². The Hall–Kier alpha value is -3.27. The van der Waals surface area contributed by atoms with Crippen LogP contribution < -0.4 is 20.3 Å². The number of hydrogen-bond acceptors (Lipinski definition) is 8. The zero-order valence-corrected chi connectivity index (χ0v) is 20.6. The Kier molecular flexibility index (Phi) is 7.04. The topological polar surface area (TPSA) is 93.5 Å². The van der Waals surface area contributed by atoms with Crippen molar-refractivity contribution in [1.29, 1.82) is 0 Å². The molecule has 1 aromatic carbocycles. The van der Waals surface area contributed by atoms with Gasteiger partial charge in [-0.25, -0.2) is 13.8 Å². The lowest BCUT2D eigenvalue weighted by Gasteiger charge is -2.30. The molecule has 2 N–H and O–H groups in total. The van der Waals surface area contributed by atoms with Gasteiger partial charge in [-0.3, -0.25) is 0 Å². The lowest BCUT2D eigenvalue weighted by Crippen LogP contribution is -2.35. The quantitative estimate of drug-likeness (QED) is 0.521. The normalized spacial score (nSPS) is 20.9. The van der Waals surface area contributed by atoms with Crippen LogP contribution in [-0.4, -0.2) is 54.0 Å². The van der Waals surface area contributed by atoms with Crippen molar-refractivity contribution in [2.45, 2.75) is 44.6 Å². The predicted octanol–water partition coefficient (Wildman–Crippen LogP) is 4.09. The van der Waals surface area contributed by atoms with Gasteiger partial charge >= 0.3 is 6.01 Å². The average Bonchev–Trinajstić information content (AvgIpc) is 3.52. The van der Waals surface area contributed by atoms with Gasteiger partial charge < -0.3 is 24.8 Å². The molecule has 0 saturated carbocycles. The summed E-state index contributed by atoms with van der Waals surface area (Å²) >= 11 is 0. The number of nitrogens with two attached hydrogens (primary N) is 1. The van der Waals surface area contributed by atoms with Crippen LogP contribution in [0.3, 0.4) is 0 Å². The highest BCUT2D eigenvalue weighted by atomic mass is 19.1. The van der Waals surface area contributed by atoms with E-state index in [0.29, 0.717) is 43.1 Å². The number of hydrogen-bond donors (Lipinski definition) is 1. The van der Waals surface area contributed by atoms with Gasteiger partial charge in [-0.05, 0) is 48.6 Å². The fourth-order valence-corrected chi connectivity index (χ4v) is 4.90. The molecule has 36 heavy (non-hydrogen) atoms. The van der Waals surface area contributed by atoms with Crippen molar-refractivity contribution in [3.63, 3.8) is 0 Å². The molecule has 2 saturated heterocycles. The monoisotopic (exact) mass is 498 g/mol. The number of piperidine rings is 1. The summed E-state index contributed by atoms with van der Waals surface area (Å²) in [7, 11) is 0. The molecular formula is C26H32F2N6O2. The van der Waals surface area contributed by atoms with E-state index in [1.54, 1.807) is 6.20 Å². The number of pyridine rings is 1. The molecule has 3 aromatic rings. The Labute approximate surface area is 209 Å². The third-order valence-corrected chi connectivity index (χ3v) is 7.11. The van der Waals surface area contributed by atoms with Crippen LogP contribution >= 0.6 is 0 Å². The van der Waals surface area contributed by atoms with Gasteiger partial charge in [0, 0.05) is 50.1 Å². The van der Waals surface area contributed by atoms with Crippen molar-refractivity contribution < 1.29 is 18.0 Å². The van der Waals surface area contributed by atoms with Gasteiger partial charge in [-0.15, -0.1) is 0 Å². The highest BCUT2D eigenvalue weighted by Gasteiger charge is 2.33. The molecule has 192 valence electrons. The number of nitrogens with zero attached hydrogens (tertiary/aromatic N) is 5. The van der Waals surface area contributed by atoms with Crippen molar-refractivity contribution in [3.05, 3.63) is 59.6 Å². The van der Waals surface area contributed by atoms with Crippen LogP contribution in [0, 0.1) is 17.6 Å². The van der Waals surface area contributed by atoms with E-state index in [4.69, 9.17) is 15.0 Å². The zero-order valence-electron chi connectivity index (χ0n) is 20.6. The SMILES string of the molecule is CC(C)c1noc(N2CCC(COc3ccc(N4CC(N)C(c5cc(F)ccc5F)C4)cn3)CC2)n1. The third kappa shape index (κ3) is 5.28. The van der Waals surface area contributed by atoms with Crippen LogP contribution in [0.4, 0.5) is 20.5 Å². The van der Waals surface area contributed by atoms with Crippen LogP contribution in [0.15, 0.2) is 41.1 Å². The second-order valence-electron chi connectivity index (χ2n) is 10.0. The van der Waals surface area contributed by atoms with E-state index in [9.17, 15) is 8.78 Å². The Morgan fingerprint density at radius 2 is 1.92 bits per heavy atom. The van der Waals surface area contributed by atoms with E-state index in [1.807, 2.05) is 26.0 Å². The molecule has 8 nitrogen and oxygen atoms in total. The highest BCUT2D eigenvalue weighted by molar-refractivity contribution is 5.48. The Bertz CT molecular complexity index is 1160. The molecule has 0 spiro atoms. The second-order valence-corrected chi connectivity index (χ2v) is 10.0. The number of ether oxygens (including phenoxy) is 1. The summed E-state index contributed by atoms with van der Waals surface area (Å²) in [4.78, 5) is 13.1. The molecule has 0 bridgehead atoms. The third-order valence-electron chi connectivity index (χ3n) is 7.11. The van der Waals surface area contributed by atoms with E-state index in [-0.39, 0.29) is 17.9 Å². The van der Waals surface area contributed by atoms with Crippen molar-refractivity contribution in [1.82, 2.24) is 15.1 Å². The summed E-state index contributed by atoms with van der Waals surface area (Å²) in [6.07, 6.45) is 3.69. The van der Waals surface area contributed by atoms with Crippen molar-refractivity contribution >= 4 is 11.7 Å². The molecule has 2 aliphatic heterocycles. The predicted molar refractivity (Wildman–Crippen MR) is 132 cm³/mol. The molecule has 5 rings (SSSR count). The number of halogens is 2. The van der Waals surface area contributed by atoms with E-state index in [0.717, 1.165) is 49.6 Å². The molecule has 2 unspecified atom stereocenters. The van der Waals surface area contributed by atoms with Crippen LogP contribution in [-0.2, 0) is 0 Å². The molecule has 2 aliphatic rings. The zero-order chi connectivity index (χ0) is 25.2. The first-order valence-corrected chi connectivity index (χ1v) is 12.5. The van der Waals surface area contributed by atoms with Crippen molar-refractivity contribution in [2.75, 3.05) is 42.6 Å². The minimum absolute atomic E-state index is 0.243. The van der Waals surface area contributed by atoms with Gasteiger partial charge in [0.2, 0.25) is 5.88 Å². The van der Waals surface area contributed by atoms with Crippen LogP contribution in [0.1, 0.15) is 49.9 Å². The van der Waals surface area contributed by atoms with E-state index in [2.05, 4.69) is 24.9 Å². The van der Waals surface area contributed by atoms with E-state index < -0.39 is 11.6 Å². The van der Waals surface area contributed by atoms with Gasteiger partial charge in [-0.2, -0.15) is 4.98 Å². The fourth-order valence-electron chi connectivity index (χ4n) is 4.90. The first kappa shape index (κ1) is 24.4. The Balaban J connectivity index is 1.11. The Morgan fingerprint density at radius 1 is 1.11 bits per heavy atom. The average molecular weight is 499 g/mol. The minimum Gasteiger partial charge on any atom is -0.477 e. The Morgan fingerprint density at radius 3 is 2.61 bits per heavy atom. The largest absolute Gasteiger partial charge is 0.477 e. The van der Waals surface area contributed by atoms with Crippen LogP contribution in [0.2, 0.25) is 0 Å². The summed E-state index contributed by atoms with van der Waals surface area (Å²) in [5.41, 5.74) is 7.49. The maximum absolute atomic E-state index is 14.3. The maximum atomic E-state index is 14.3. The van der Waals surface area contributed by atoms with Crippen LogP contribution in [0.5, 0.6) is 5.88 Å². The standard InChI is InChI=1S/C26H32F2N6O2/c1-16(2)25-31-26(36-32-25)33-9-7-17(8-10-33)15-35-24-6-4-19(12-30-24)34-13-21(23(29)14-34)20-11-18(27)3-5-22(20)28/h3-6,11-12,16-17,21,23H,7-10,13-15,29H2,1-2H3. The molecule has 2 atom stereocenters. The lowest BCUT2D eigenvalue weighted by molar-refractivity contribution is 0.213. The fraction of sp³-hybridized carbons (Fsp3) is 0.500. The lowest BCUT2D eigenvalue weighted by atomic mass is 9.94. The molecule has 0 radical (unpaired) electrons. The summed E-state index contributed by atoms with van der Waals surface area (Å²) in [5.74, 6) is 0.797. The summed E-state index contributed by atoms with van der Waals surface area (Å²) < 4.78 is 39.3. The van der Waals surface area contributed by atoms with E-state index in [1.165, 1.54) is 6.07 Å². The summed E-state index contributed by atoms with van der Waals surface area (Å²) in [6, 6.07) is 7.60. The summed E-state index contributed by atoms with van der Waals surface area (Å²) in [6.45, 7) is 7.43. The second kappa shape index (κ2) is 10.4. The van der Waals surface area contributed by atoms with Gasteiger partial charge in [0.15, 0.2) is 5.82 Å². The van der Waals surface area contributed by atoms with Crippen molar-refractivity contribution in [2.24, 2.45) is 11.7 Å². The summed E-state index contributed by atoms with van der Waals surface area (Å²) in [5, 5.41) is 4.05. The highest BCUT2D eigenvalue weighted by Crippen LogP contribution is 2.32. The van der Waals surface area contributed by atoms with Gasteiger partial charge in [0.05, 0.1) is 18.5 Å². The first-order valence-electron chi connectivity index (χ1n) is 12.5. The smallest absolute Gasteiger partial charge is 0.324 e. The molecule has 4 heterocycles. The molecule has 2 fully saturated rings. The molecule has 0 aliphatic carbocycles. The minimum atomic E-state index is -0.458. The van der Waals surface area contributed by atoms with Gasteiger partial charge in [0.25, 0.3) is 0 Å². The number of rotatable bonds is 7. The molecular weight excluding hydrogens is 466 g/mol.